The van der Waals surface area contributed by atoms with Crippen LogP contribution in [0.1, 0.15) is 57.3 Å². The van der Waals surface area contributed by atoms with E-state index in [1.807, 2.05) is 18.3 Å². The molecule has 0 aliphatic carbocycles. The number of unbranched alkanes of at least 4 members (excludes halogenated alkanes) is 2. The molecule has 1 aliphatic heterocycles. The van der Waals surface area contributed by atoms with E-state index in [4.69, 9.17) is 0 Å². The van der Waals surface area contributed by atoms with Crippen LogP contribution in [0, 0.1) is 5.92 Å². The number of imidazole rings is 1. The van der Waals surface area contributed by atoms with Crippen LogP contribution in [0.25, 0.3) is 22.0 Å². The lowest BCUT2D eigenvalue weighted by atomic mass is 10.0. The molecule has 0 bridgehead atoms. The molecule has 0 radical (unpaired) electrons. The zero-order chi connectivity index (χ0) is 23.2. The summed E-state index contributed by atoms with van der Waals surface area (Å²) < 4.78 is 0. The molecule has 2 aromatic carbocycles. The minimum Gasteiger partial charge on any atom is -0.346 e. The Morgan fingerprint density at radius 3 is 2.73 bits per heavy atom. The summed E-state index contributed by atoms with van der Waals surface area (Å²) >= 11 is 0. The lowest BCUT2D eigenvalue weighted by molar-refractivity contribution is -0.125. The molecule has 6 heteroatoms. The highest BCUT2D eigenvalue weighted by molar-refractivity contribution is 5.86. The number of benzene rings is 2. The number of ketones is 1. The first-order valence-corrected chi connectivity index (χ1v) is 12.0. The van der Waals surface area contributed by atoms with Crippen molar-refractivity contribution in [3.05, 3.63) is 54.5 Å². The molecule has 1 fully saturated rings. The number of fused-ring (bicyclic) bond motifs is 1. The lowest BCUT2D eigenvalue weighted by Gasteiger charge is -2.19. The summed E-state index contributed by atoms with van der Waals surface area (Å²) in [4.78, 5) is 34.5. The number of carbonyl (C=O) groups excluding carboxylic acids is 2. The van der Waals surface area contributed by atoms with Gasteiger partial charge in [-0.05, 0) is 56.6 Å². The average Bonchev–Trinajstić information content (AvgIpc) is 3.47. The second-order valence-electron chi connectivity index (χ2n) is 9.35. The molecule has 2 atom stereocenters. The molecule has 1 aromatic heterocycles. The molecule has 0 spiro atoms. The van der Waals surface area contributed by atoms with Gasteiger partial charge in [0.15, 0.2) is 0 Å². The molecule has 4 rings (SSSR count). The number of amides is 1. The fourth-order valence-corrected chi connectivity index (χ4v) is 4.63. The summed E-state index contributed by atoms with van der Waals surface area (Å²) in [7, 11) is 2.06. The van der Waals surface area contributed by atoms with Gasteiger partial charge < -0.3 is 20.0 Å². The van der Waals surface area contributed by atoms with Crippen LogP contribution in [-0.2, 0) is 9.59 Å². The molecule has 0 saturated carbocycles. The Balaban J connectivity index is 1.48. The van der Waals surface area contributed by atoms with E-state index >= 15 is 0 Å². The van der Waals surface area contributed by atoms with Crippen LogP contribution in [0.15, 0.2) is 48.7 Å². The normalized spacial score (nSPS) is 17.3. The fraction of sp³-hybridized carbons (Fsp3) is 0.444. The summed E-state index contributed by atoms with van der Waals surface area (Å²) in [5.74, 6) is 1.17. The van der Waals surface area contributed by atoms with Crippen molar-refractivity contribution in [2.75, 3.05) is 20.1 Å². The first-order valence-electron chi connectivity index (χ1n) is 12.0. The summed E-state index contributed by atoms with van der Waals surface area (Å²) in [6, 6.07) is 14.5. The molecular formula is C27H34N4O2. The monoisotopic (exact) mass is 446 g/mol. The Morgan fingerprint density at radius 1 is 1.15 bits per heavy atom. The van der Waals surface area contributed by atoms with E-state index in [9.17, 15) is 9.59 Å². The van der Waals surface area contributed by atoms with E-state index in [0.717, 1.165) is 62.3 Å². The molecule has 33 heavy (non-hydrogen) atoms. The smallest absolute Gasteiger partial charge is 0.225 e. The van der Waals surface area contributed by atoms with E-state index in [-0.39, 0.29) is 23.7 Å². The van der Waals surface area contributed by atoms with Crippen LogP contribution in [-0.4, -0.2) is 46.7 Å². The van der Waals surface area contributed by atoms with Gasteiger partial charge in [0.25, 0.3) is 0 Å². The Bertz CT molecular complexity index is 1110. The van der Waals surface area contributed by atoms with Gasteiger partial charge in [-0.25, -0.2) is 4.98 Å². The number of aromatic amines is 1. The summed E-state index contributed by atoms with van der Waals surface area (Å²) in [6.07, 6.45) is 6.98. The number of carbonyl (C=O) groups is 2. The quantitative estimate of drug-likeness (QED) is 0.435. The summed E-state index contributed by atoms with van der Waals surface area (Å²) in [6.45, 7) is 3.40. The van der Waals surface area contributed by atoms with Crippen molar-refractivity contribution in [1.82, 2.24) is 20.2 Å². The predicted molar refractivity (Wildman–Crippen MR) is 132 cm³/mol. The molecule has 2 N–H and O–H groups in total. The molecule has 6 nitrogen and oxygen atoms in total. The van der Waals surface area contributed by atoms with Gasteiger partial charge >= 0.3 is 0 Å². The number of likely N-dealkylation sites (tertiary alicyclic amines) is 1. The molecule has 1 saturated heterocycles. The Kier molecular flexibility index (Phi) is 7.55. The number of aromatic nitrogens is 2. The highest BCUT2D eigenvalue weighted by Crippen LogP contribution is 2.26. The van der Waals surface area contributed by atoms with Crippen molar-refractivity contribution in [1.29, 1.82) is 0 Å². The van der Waals surface area contributed by atoms with Crippen LogP contribution in [0.4, 0.5) is 0 Å². The summed E-state index contributed by atoms with van der Waals surface area (Å²) in [5, 5.41) is 5.66. The maximum absolute atomic E-state index is 13.0. The topological polar surface area (TPSA) is 78.1 Å². The van der Waals surface area contributed by atoms with Gasteiger partial charge in [0.2, 0.25) is 5.91 Å². The van der Waals surface area contributed by atoms with Gasteiger partial charge in [-0.1, -0.05) is 49.2 Å². The minimum absolute atomic E-state index is 0.0325. The third-order valence-electron chi connectivity index (χ3n) is 6.59. The van der Waals surface area contributed by atoms with Crippen LogP contribution in [0.5, 0.6) is 0 Å². The highest BCUT2D eigenvalue weighted by Gasteiger charge is 2.28. The first-order chi connectivity index (χ1) is 16.0. The van der Waals surface area contributed by atoms with Gasteiger partial charge in [0, 0.05) is 18.5 Å². The molecular weight excluding hydrogens is 412 g/mol. The van der Waals surface area contributed by atoms with E-state index in [1.54, 1.807) is 6.92 Å². The third-order valence-corrected chi connectivity index (χ3v) is 6.59. The molecule has 0 unspecified atom stereocenters. The number of H-pyrrole nitrogens is 1. The molecule has 3 aromatic rings. The summed E-state index contributed by atoms with van der Waals surface area (Å²) in [5.41, 5.74) is 2.03. The van der Waals surface area contributed by atoms with E-state index < -0.39 is 0 Å². The lowest BCUT2D eigenvalue weighted by Crippen LogP contribution is -2.35. The van der Waals surface area contributed by atoms with Gasteiger partial charge in [0.05, 0.1) is 23.9 Å². The number of Topliss-reactive ketones (excluding diaryl/α,β-unsaturated/α-hetero) is 1. The van der Waals surface area contributed by atoms with E-state index in [2.05, 4.69) is 57.6 Å². The van der Waals surface area contributed by atoms with Crippen LogP contribution in [0.3, 0.4) is 0 Å². The van der Waals surface area contributed by atoms with Crippen molar-refractivity contribution in [2.24, 2.45) is 5.92 Å². The Hall–Kier alpha value is -2.99. The van der Waals surface area contributed by atoms with Crippen molar-refractivity contribution in [3.8, 4) is 11.3 Å². The second kappa shape index (κ2) is 10.8. The zero-order valence-electron chi connectivity index (χ0n) is 19.6. The predicted octanol–water partition coefficient (Wildman–Crippen LogP) is 4.88. The van der Waals surface area contributed by atoms with Crippen molar-refractivity contribution in [2.45, 2.75) is 51.5 Å². The molecule has 1 amide bonds. The number of nitrogens with one attached hydrogen (secondary N) is 2. The largest absolute Gasteiger partial charge is 0.346 e. The van der Waals surface area contributed by atoms with Gasteiger partial charge in [0.1, 0.15) is 11.6 Å². The van der Waals surface area contributed by atoms with Crippen molar-refractivity contribution in [3.63, 3.8) is 0 Å². The van der Waals surface area contributed by atoms with Crippen molar-refractivity contribution >= 4 is 22.5 Å². The van der Waals surface area contributed by atoms with Crippen LogP contribution >= 0.6 is 0 Å². The maximum atomic E-state index is 13.0. The second-order valence-corrected chi connectivity index (χ2v) is 9.35. The van der Waals surface area contributed by atoms with Gasteiger partial charge in [-0.3, -0.25) is 4.79 Å². The van der Waals surface area contributed by atoms with Crippen molar-refractivity contribution < 1.29 is 9.59 Å². The number of hydrogen-bond acceptors (Lipinski definition) is 4. The Morgan fingerprint density at radius 2 is 1.97 bits per heavy atom. The fourth-order valence-electron chi connectivity index (χ4n) is 4.63. The maximum Gasteiger partial charge on any atom is 0.225 e. The van der Waals surface area contributed by atoms with E-state index in [0.29, 0.717) is 6.42 Å². The van der Waals surface area contributed by atoms with Crippen LogP contribution in [0.2, 0.25) is 0 Å². The minimum atomic E-state index is -0.157. The number of nitrogens with zero attached hydrogens (tertiary/aromatic N) is 2. The SMILES string of the molecule is CC(=O)CCCCC[C@H](NC(=O)[C@@H]1CCN(C)C1)c1ncc(-c2ccc3ccccc3c2)[nH]1. The van der Waals surface area contributed by atoms with Crippen LogP contribution < -0.4 is 5.32 Å². The zero-order valence-corrected chi connectivity index (χ0v) is 19.6. The average molecular weight is 447 g/mol. The van der Waals surface area contributed by atoms with E-state index in [1.165, 1.54) is 10.8 Å². The number of rotatable bonds is 10. The number of hydrogen-bond donors (Lipinski definition) is 2. The highest BCUT2D eigenvalue weighted by atomic mass is 16.2. The molecule has 2 heterocycles. The standard InChI is InChI=1S/C27H34N4O2/c1-19(32)8-4-3-5-11-24(30-27(33)23-14-15-31(2)18-23)26-28-17-25(29-26)22-13-12-20-9-6-7-10-21(20)16-22/h6-7,9-10,12-13,16-17,23-24H,3-5,8,11,14-15,18H2,1-2H3,(H,28,29)(H,30,33)/t23-,24+/m1/s1. The van der Waals surface area contributed by atoms with Gasteiger partial charge in [-0.15, -0.1) is 0 Å². The van der Waals surface area contributed by atoms with Gasteiger partial charge in [-0.2, -0.15) is 0 Å². The molecule has 1 aliphatic rings. The Labute approximate surface area is 195 Å². The third kappa shape index (κ3) is 6.08. The molecule has 174 valence electrons. The first kappa shape index (κ1) is 23.2.